The van der Waals surface area contributed by atoms with Gasteiger partial charge >= 0.3 is 0 Å². The third-order valence-corrected chi connectivity index (χ3v) is 6.57. The third kappa shape index (κ3) is 3.57. The fourth-order valence-corrected chi connectivity index (χ4v) is 4.67. The number of aromatic amines is 1. The molecule has 3 N–H and O–H groups in total. The zero-order chi connectivity index (χ0) is 20.8. The molecule has 1 aliphatic rings. The van der Waals surface area contributed by atoms with Crippen LogP contribution in [0.2, 0.25) is 5.02 Å². The number of nitrogens with zero attached hydrogens (tertiary/aromatic N) is 6. The molecule has 1 aliphatic carbocycles. The largest absolute Gasteiger partial charge is 0.359 e. The Morgan fingerprint density at radius 2 is 2.07 bits per heavy atom. The van der Waals surface area contributed by atoms with E-state index in [1.165, 1.54) is 11.8 Å². The molecule has 2 atom stereocenters. The molecule has 4 aromatic rings. The van der Waals surface area contributed by atoms with Gasteiger partial charge in [-0.2, -0.15) is 0 Å². The monoisotopic (exact) mass is 440 g/mol. The maximum atomic E-state index is 6.67. The molecule has 0 aliphatic heterocycles. The smallest absolute Gasteiger partial charge is 0.196 e. The van der Waals surface area contributed by atoms with Gasteiger partial charge in [0, 0.05) is 48.8 Å². The van der Waals surface area contributed by atoms with Crippen LogP contribution in [-0.4, -0.2) is 49.5 Å². The second-order valence-electron chi connectivity index (χ2n) is 7.54. The van der Waals surface area contributed by atoms with Crippen molar-refractivity contribution in [2.45, 2.75) is 35.9 Å². The number of H-pyrrole nitrogens is 1. The molecule has 0 aromatic carbocycles. The Bertz CT molecular complexity index is 1240. The molecule has 8 nitrogen and oxygen atoms in total. The van der Waals surface area contributed by atoms with Gasteiger partial charge in [0.2, 0.25) is 0 Å². The van der Waals surface area contributed by atoms with Gasteiger partial charge < -0.3 is 15.6 Å². The number of nitrogens with two attached hydrogens (primary N) is 1. The van der Waals surface area contributed by atoms with Crippen molar-refractivity contribution in [1.82, 2.24) is 29.9 Å². The highest BCUT2D eigenvalue weighted by Crippen LogP contribution is 2.38. The van der Waals surface area contributed by atoms with Crippen LogP contribution in [0.15, 0.2) is 34.7 Å². The molecule has 4 aromatic heterocycles. The predicted molar refractivity (Wildman–Crippen MR) is 119 cm³/mol. The van der Waals surface area contributed by atoms with Gasteiger partial charge in [0.05, 0.1) is 10.4 Å². The van der Waals surface area contributed by atoms with Crippen molar-refractivity contribution in [1.29, 1.82) is 0 Å². The average Bonchev–Trinajstić information content (AvgIpc) is 3.34. The SMILES string of the molecule is CCc1[nH]c2nc(Sc3cnc4nccnc4c3)nc(N(C)C[C@H]3CC3N)c2c1Cl. The van der Waals surface area contributed by atoms with Crippen LogP contribution >= 0.6 is 23.4 Å². The lowest BCUT2D eigenvalue weighted by Gasteiger charge is -2.19. The third-order valence-electron chi connectivity index (χ3n) is 5.33. The average molecular weight is 441 g/mol. The molecule has 154 valence electrons. The van der Waals surface area contributed by atoms with E-state index in [-0.39, 0.29) is 6.04 Å². The van der Waals surface area contributed by atoms with Crippen LogP contribution in [-0.2, 0) is 6.42 Å². The molecule has 1 saturated carbocycles. The molecule has 1 unspecified atom stereocenters. The summed E-state index contributed by atoms with van der Waals surface area (Å²) in [6.45, 7) is 2.90. The van der Waals surface area contributed by atoms with Crippen molar-refractivity contribution < 1.29 is 0 Å². The molecular formula is C20H21ClN8S. The number of rotatable bonds is 6. The summed E-state index contributed by atoms with van der Waals surface area (Å²) in [6.07, 6.45) is 6.89. The normalized spacial score (nSPS) is 18.3. The molecule has 0 spiro atoms. The molecule has 30 heavy (non-hydrogen) atoms. The molecule has 0 saturated heterocycles. The lowest BCUT2D eigenvalue weighted by atomic mass is 10.2. The van der Waals surface area contributed by atoms with Crippen molar-refractivity contribution in [2.24, 2.45) is 11.7 Å². The first-order chi connectivity index (χ1) is 14.5. The predicted octanol–water partition coefficient (Wildman–Crippen LogP) is 3.45. The Morgan fingerprint density at radius 3 is 2.83 bits per heavy atom. The first kappa shape index (κ1) is 19.5. The van der Waals surface area contributed by atoms with Crippen molar-refractivity contribution in [3.8, 4) is 0 Å². The van der Waals surface area contributed by atoms with Crippen LogP contribution in [0.4, 0.5) is 5.82 Å². The summed E-state index contributed by atoms with van der Waals surface area (Å²) in [5.41, 5.74) is 9.08. The Hall–Kier alpha value is -2.49. The van der Waals surface area contributed by atoms with Gasteiger partial charge in [-0.1, -0.05) is 18.5 Å². The van der Waals surface area contributed by atoms with Crippen LogP contribution in [0.3, 0.4) is 0 Å². The fraction of sp³-hybridized carbons (Fsp3) is 0.350. The number of fused-ring (bicyclic) bond motifs is 2. The van der Waals surface area contributed by atoms with E-state index in [0.717, 1.165) is 52.3 Å². The molecule has 0 radical (unpaired) electrons. The lowest BCUT2D eigenvalue weighted by molar-refractivity contribution is 0.744. The first-order valence-corrected chi connectivity index (χ1v) is 11.0. The van der Waals surface area contributed by atoms with Crippen molar-refractivity contribution >= 4 is 51.4 Å². The second kappa shape index (κ2) is 7.64. The molecular weight excluding hydrogens is 420 g/mol. The highest BCUT2D eigenvalue weighted by atomic mass is 35.5. The lowest BCUT2D eigenvalue weighted by Crippen LogP contribution is -2.24. The zero-order valence-corrected chi connectivity index (χ0v) is 18.2. The Morgan fingerprint density at radius 1 is 1.27 bits per heavy atom. The first-order valence-electron chi connectivity index (χ1n) is 9.83. The van der Waals surface area contributed by atoms with E-state index in [2.05, 4.69) is 31.8 Å². The minimum Gasteiger partial charge on any atom is -0.359 e. The van der Waals surface area contributed by atoms with Gasteiger partial charge in [0.1, 0.15) is 17.0 Å². The quantitative estimate of drug-likeness (QED) is 0.439. The summed E-state index contributed by atoms with van der Waals surface area (Å²) >= 11 is 8.11. The van der Waals surface area contributed by atoms with Crippen molar-refractivity contribution in [3.05, 3.63) is 35.4 Å². The Labute approximate surface area is 182 Å². The maximum absolute atomic E-state index is 6.67. The van der Waals surface area contributed by atoms with E-state index in [0.29, 0.717) is 21.7 Å². The van der Waals surface area contributed by atoms with E-state index < -0.39 is 0 Å². The Kier molecular flexibility index (Phi) is 4.96. The number of pyridine rings is 1. The van der Waals surface area contributed by atoms with Gasteiger partial charge in [-0.15, -0.1) is 0 Å². The number of aromatic nitrogens is 6. The minimum atomic E-state index is 0.274. The van der Waals surface area contributed by atoms with Crippen LogP contribution in [0.1, 0.15) is 19.0 Å². The van der Waals surface area contributed by atoms with Crippen LogP contribution in [0, 0.1) is 5.92 Å². The van der Waals surface area contributed by atoms with E-state index in [4.69, 9.17) is 27.3 Å². The Balaban J connectivity index is 1.55. The number of halogens is 1. The number of nitrogens with one attached hydrogen (secondary N) is 1. The van der Waals surface area contributed by atoms with E-state index >= 15 is 0 Å². The summed E-state index contributed by atoms with van der Waals surface area (Å²) in [6, 6.07) is 2.22. The van der Waals surface area contributed by atoms with Gasteiger partial charge in [0.15, 0.2) is 10.8 Å². The summed E-state index contributed by atoms with van der Waals surface area (Å²) in [4.78, 5) is 28.9. The number of hydrogen-bond acceptors (Lipinski definition) is 8. The summed E-state index contributed by atoms with van der Waals surface area (Å²) in [7, 11) is 2.03. The van der Waals surface area contributed by atoms with E-state index in [1.54, 1.807) is 18.6 Å². The molecule has 1 fully saturated rings. The fourth-order valence-electron chi connectivity index (χ4n) is 3.56. The van der Waals surface area contributed by atoms with E-state index in [1.807, 2.05) is 13.1 Å². The van der Waals surface area contributed by atoms with Crippen LogP contribution in [0.5, 0.6) is 0 Å². The molecule has 10 heteroatoms. The number of aryl methyl sites for hydroxylation is 1. The summed E-state index contributed by atoms with van der Waals surface area (Å²) in [5.74, 6) is 1.30. The number of hydrogen-bond donors (Lipinski definition) is 2. The zero-order valence-electron chi connectivity index (χ0n) is 16.6. The highest BCUT2D eigenvalue weighted by Gasteiger charge is 2.35. The maximum Gasteiger partial charge on any atom is 0.196 e. The van der Waals surface area contributed by atoms with Crippen molar-refractivity contribution in [2.75, 3.05) is 18.5 Å². The van der Waals surface area contributed by atoms with E-state index in [9.17, 15) is 0 Å². The molecule has 4 heterocycles. The summed E-state index contributed by atoms with van der Waals surface area (Å²) < 4.78 is 0. The topological polar surface area (TPSA) is 109 Å². The molecule has 0 bridgehead atoms. The van der Waals surface area contributed by atoms with Gasteiger partial charge in [-0.3, -0.25) is 4.98 Å². The standard InChI is InChI=1S/C20H21ClN8S/c1-3-13-16(21)15-18(26-13)27-20(28-19(15)29(2)9-10-6-12(10)22)30-11-7-14-17(25-8-11)24-5-4-23-14/h4-5,7-8,10,12H,3,6,9,22H2,1-2H3,(H,26,27,28)/t10-,12?/m1/s1. The molecule has 5 rings (SSSR count). The number of anilines is 1. The minimum absolute atomic E-state index is 0.274. The van der Waals surface area contributed by atoms with Gasteiger partial charge in [0.25, 0.3) is 0 Å². The summed E-state index contributed by atoms with van der Waals surface area (Å²) in [5, 5.41) is 2.17. The van der Waals surface area contributed by atoms with Gasteiger partial charge in [-0.05, 0) is 36.6 Å². The molecule has 0 amide bonds. The van der Waals surface area contributed by atoms with Crippen molar-refractivity contribution in [3.63, 3.8) is 0 Å². The second-order valence-corrected chi connectivity index (χ2v) is 8.96. The van der Waals surface area contributed by atoms with Gasteiger partial charge in [-0.25, -0.2) is 19.9 Å². The van der Waals surface area contributed by atoms with Crippen LogP contribution in [0.25, 0.3) is 22.2 Å². The van der Waals surface area contributed by atoms with Crippen LogP contribution < -0.4 is 10.6 Å². The highest BCUT2D eigenvalue weighted by molar-refractivity contribution is 7.99.